The first-order valence-electron chi connectivity index (χ1n) is 6.30. The van der Waals surface area contributed by atoms with Crippen LogP contribution in [0, 0.1) is 0 Å². The van der Waals surface area contributed by atoms with Crippen LogP contribution in [0.3, 0.4) is 0 Å². The van der Waals surface area contributed by atoms with Crippen LogP contribution in [0.4, 0.5) is 5.82 Å². The standard InChI is InChI=1S/C12H19N5O/c1-2-17(9-3-4-9)6-5-15-12(18)10-7-14-8-11(13)16-10/h7-9H,2-6H2,1H3,(H2,13,16)(H,15,18). The van der Waals surface area contributed by atoms with Crippen molar-refractivity contribution < 1.29 is 4.79 Å². The lowest BCUT2D eigenvalue weighted by molar-refractivity contribution is 0.0942. The molecule has 0 spiro atoms. The number of nitrogens with zero attached hydrogens (tertiary/aromatic N) is 3. The molecule has 0 radical (unpaired) electrons. The molecular weight excluding hydrogens is 230 g/mol. The molecule has 2 rings (SSSR count). The lowest BCUT2D eigenvalue weighted by Crippen LogP contribution is -2.36. The van der Waals surface area contributed by atoms with Crippen molar-refractivity contribution in [2.24, 2.45) is 0 Å². The van der Waals surface area contributed by atoms with E-state index in [0.717, 1.165) is 19.1 Å². The molecule has 0 unspecified atom stereocenters. The molecule has 0 atom stereocenters. The minimum atomic E-state index is -0.221. The Kier molecular flexibility index (Phi) is 4.09. The minimum Gasteiger partial charge on any atom is -0.382 e. The van der Waals surface area contributed by atoms with Gasteiger partial charge in [0.15, 0.2) is 0 Å². The molecule has 98 valence electrons. The summed E-state index contributed by atoms with van der Waals surface area (Å²) in [6.07, 6.45) is 5.40. The summed E-state index contributed by atoms with van der Waals surface area (Å²) >= 11 is 0. The van der Waals surface area contributed by atoms with Crippen LogP contribution in [-0.4, -0.2) is 46.5 Å². The average Bonchev–Trinajstić information content (AvgIpc) is 3.18. The van der Waals surface area contributed by atoms with Gasteiger partial charge in [-0.3, -0.25) is 14.7 Å². The molecule has 0 bridgehead atoms. The molecule has 18 heavy (non-hydrogen) atoms. The predicted molar refractivity (Wildman–Crippen MR) is 69.0 cm³/mol. The zero-order valence-corrected chi connectivity index (χ0v) is 10.6. The van der Waals surface area contributed by atoms with Crippen LogP contribution in [0.25, 0.3) is 0 Å². The number of amides is 1. The average molecular weight is 249 g/mol. The van der Waals surface area contributed by atoms with Gasteiger partial charge in [-0.05, 0) is 19.4 Å². The van der Waals surface area contributed by atoms with E-state index >= 15 is 0 Å². The van der Waals surface area contributed by atoms with Crippen molar-refractivity contribution in [3.63, 3.8) is 0 Å². The van der Waals surface area contributed by atoms with E-state index in [1.54, 1.807) is 0 Å². The summed E-state index contributed by atoms with van der Waals surface area (Å²) in [5.74, 6) is 0.0393. The van der Waals surface area contributed by atoms with E-state index in [1.165, 1.54) is 25.2 Å². The zero-order chi connectivity index (χ0) is 13.0. The molecule has 0 aromatic carbocycles. The van der Waals surface area contributed by atoms with Crippen molar-refractivity contribution in [2.75, 3.05) is 25.4 Å². The number of nitrogens with one attached hydrogen (secondary N) is 1. The van der Waals surface area contributed by atoms with E-state index in [2.05, 4.69) is 27.1 Å². The number of hydrogen-bond donors (Lipinski definition) is 2. The van der Waals surface area contributed by atoms with Crippen LogP contribution in [0.2, 0.25) is 0 Å². The van der Waals surface area contributed by atoms with Crippen molar-refractivity contribution in [3.05, 3.63) is 18.1 Å². The Labute approximate surface area is 107 Å². The second-order valence-electron chi connectivity index (χ2n) is 4.44. The molecule has 3 N–H and O–H groups in total. The minimum absolute atomic E-state index is 0.221. The fourth-order valence-corrected chi connectivity index (χ4v) is 1.93. The lowest BCUT2D eigenvalue weighted by atomic mass is 10.4. The van der Waals surface area contributed by atoms with E-state index in [0.29, 0.717) is 6.54 Å². The maximum absolute atomic E-state index is 11.8. The summed E-state index contributed by atoms with van der Waals surface area (Å²) in [6.45, 7) is 4.67. The summed E-state index contributed by atoms with van der Waals surface area (Å²) in [6, 6.07) is 0.721. The van der Waals surface area contributed by atoms with Crippen molar-refractivity contribution in [1.29, 1.82) is 0 Å². The van der Waals surface area contributed by atoms with E-state index in [4.69, 9.17) is 5.73 Å². The lowest BCUT2D eigenvalue weighted by Gasteiger charge is -2.19. The molecule has 6 nitrogen and oxygen atoms in total. The maximum atomic E-state index is 11.8. The second kappa shape index (κ2) is 5.77. The Morgan fingerprint density at radius 3 is 2.94 bits per heavy atom. The molecule has 1 aliphatic rings. The van der Waals surface area contributed by atoms with Gasteiger partial charge in [-0.25, -0.2) is 4.98 Å². The van der Waals surface area contributed by atoms with Crippen molar-refractivity contribution in [3.8, 4) is 0 Å². The van der Waals surface area contributed by atoms with Gasteiger partial charge in [0.05, 0.1) is 12.4 Å². The van der Waals surface area contributed by atoms with Gasteiger partial charge in [0.25, 0.3) is 5.91 Å². The number of carbonyl (C=O) groups is 1. The number of anilines is 1. The molecule has 1 aliphatic carbocycles. The fraction of sp³-hybridized carbons (Fsp3) is 0.583. The van der Waals surface area contributed by atoms with Gasteiger partial charge in [0, 0.05) is 19.1 Å². The smallest absolute Gasteiger partial charge is 0.271 e. The predicted octanol–water partition coefficient (Wildman–Crippen LogP) is 0.273. The maximum Gasteiger partial charge on any atom is 0.271 e. The Balaban J connectivity index is 1.77. The summed E-state index contributed by atoms with van der Waals surface area (Å²) in [4.78, 5) is 21.9. The first kappa shape index (κ1) is 12.8. The summed E-state index contributed by atoms with van der Waals surface area (Å²) in [7, 11) is 0. The Morgan fingerprint density at radius 1 is 1.56 bits per heavy atom. The highest BCUT2D eigenvalue weighted by Crippen LogP contribution is 2.25. The van der Waals surface area contributed by atoms with Crippen LogP contribution in [-0.2, 0) is 0 Å². The van der Waals surface area contributed by atoms with Gasteiger partial charge in [-0.1, -0.05) is 6.92 Å². The van der Waals surface area contributed by atoms with Gasteiger partial charge in [-0.15, -0.1) is 0 Å². The van der Waals surface area contributed by atoms with Gasteiger partial charge in [0.1, 0.15) is 11.5 Å². The number of carbonyl (C=O) groups excluding carboxylic acids is 1. The molecule has 1 heterocycles. The first-order chi connectivity index (χ1) is 8.70. The molecule has 1 aromatic heterocycles. The zero-order valence-electron chi connectivity index (χ0n) is 10.6. The third-order valence-electron chi connectivity index (χ3n) is 3.04. The number of nitrogen functional groups attached to an aromatic ring is 1. The first-order valence-corrected chi connectivity index (χ1v) is 6.30. The second-order valence-corrected chi connectivity index (χ2v) is 4.44. The molecule has 1 amide bonds. The molecule has 1 fully saturated rings. The summed E-state index contributed by atoms with van der Waals surface area (Å²) in [5, 5.41) is 2.83. The Hall–Kier alpha value is -1.69. The Bertz CT molecular complexity index is 419. The van der Waals surface area contributed by atoms with Crippen LogP contribution in [0.1, 0.15) is 30.3 Å². The molecule has 0 aliphatic heterocycles. The molecule has 6 heteroatoms. The third kappa shape index (κ3) is 3.40. The highest BCUT2D eigenvalue weighted by molar-refractivity contribution is 5.92. The van der Waals surface area contributed by atoms with Gasteiger partial charge < -0.3 is 11.1 Å². The fourth-order valence-electron chi connectivity index (χ4n) is 1.93. The summed E-state index contributed by atoms with van der Waals surface area (Å²) < 4.78 is 0. The van der Waals surface area contributed by atoms with Crippen molar-refractivity contribution in [1.82, 2.24) is 20.2 Å². The van der Waals surface area contributed by atoms with Crippen LogP contribution in [0.5, 0.6) is 0 Å². The SMILES string of the molecule is CCN(CCNC(=O)c1cncc(N)n1)C1CC1. The number of rotatable bonds is 6. The number of likely N-dealkylation sites (N-methyl/N-ethyl adjacent to an activating group) is 1. The largest absolute Gasteiger partial charge is 0.382 e. The van der Waals surface area contributed by atoms with Crippen molar-refractivity contribution >= 4 is 11.7 Å². The van der Waals surface area contributed by atoms with Crippen LogP contribution in [0.15, 0.2) is 12.4 Å². The topological polar surface area (TPSA) is 84.1 Å². The normalized spacial score (nSPS) is 14.8. The number of hydrogen-bond acceptors (Lipinski definition) is 5. The van der Waals surface area contributed by atoms with Gasteiger partial charge in [0.2, 0.25) is 0 Å². The van der Waals surface area contributed by atoms with Crippen molar-refractivity contribution in [2.45, 2.75) is 25.8 Å². The quantitative estimate of drug-likeness (QED) is 0.756. The molecule has 0 saturated heterocycles. The molecular formula is C12H19N5O. The highest BCUT2D eigenvalue weighted by Gasteiger charge is 2.27. The monoisotopic (exact) mass is 249 g/mol. The van der Waals surface area contributed by atoms with Gasteiger partial charge >= 0.3 is 0 Å². The van der Waals surface area contributed by atoms with Crippen LogP contribution < -0.4 is 11.1 Å². The Morgan fingerprint density at radius 2 is 2.33 bits per heavy atom. The highest BCUT2D eigenvalue weighted by atomic mass is 16.1. The summed E-state index contributed by atoms with van der Waals surface area (Å²) in [5.41, 5.74) is 5.75. The van der Waals surface area contributed by atoms with E-state index in [1.807, 2.05) is 0 Å². The number of nitrogens with two attached hydrogens (primary N) is 1. The van der Waals surface area contributed by atoms with E-state index in [-0.39, 0.29) is 17.4 Å². The number of aromatic nitrogens is 2. The van der Waals surface area contributed by atoms with E-state index < -0.39 is 0 Å². The van der Waals surface area contributed by atoms with Gasteiger partial charge in [-0.2, -0.15) is 0 Å². The molecule has 1 saturated carbocycles. The third-order valence-corrected chi connectivity index (χ3v) is 3.04. The van der Waals surface area contributed by atoms with Crippen LogP contribution >= 0.6 is 0 Å². The molecule has 1 aromatic rings. The van der Waals surface area contributed by atoms with E-state index in [9.17, 15) is 4.79 Å².